The van der Waals surface area contributed by atoms with Gasteiger partial charge in [0.2, 0.25) is 5.60 Å². The second-order valence-electron chi connectivity index (χ2n) is 4.53. The lowest BCUT2D eigenvalue weighted by atomic mass is 10.1. The number of hydrogen-bond acceptors (Lipinski definition) is 4. The molecule has 0 fully saturated rings. The maximum atomic E-state index is 11.8. The van der Waals surface area contributed by atoms with Crippen molar-refractivity contribution < 1.29 is 19.4 Å². The van der Waals surface area contributed by atoms with Gasteiger partial charge in [-0.15, -0.1) is 0 Å². The molecule has 0 aliphatic heterocycles. The van der Waals surface area contributed by atoms with E-state index in [0.717, 1.165) is 0 Å². The number of carbonyl (C=O) groups is 2. The Morgan fingerprint density at radius 2 is 1.83 bits per heavy atom. The van der Waals surface area contributed by atoms with Crippen LogP contribution in [-0.2, 0) is 9.53 Å². The first-order chi connectivity index (χ1) is 8.35. The van der Waals surface area contributed by atoms with Crippen molar-refractivity contribution in [3.05, 3.63) is 35.9 Å². The Morgan fingerprint density at radius 3 is 2.28 bits per heavy atom. The van der Waals surface area contributed by atoms with Crippen molar-refractivity contribution >= 4 is 11.9 Å². The lowest BCUT2D eigenvalue weighted by Crippen LogP contribution is -2.48. The molecule has 1 rings (SSSR count). The third kappa shape index (κ3) is 3.56. The summed E-state index contributed by atoms with van der Waals surface area (Å²) in [4.78, 5) is 24.7. The van der Waals surface area contributed by atoms with Gasteiger partial charge in [-0.3, -0.25) is 0 Å². The molecule has 5 heteroatoms. The summed E-state index contributed by atoms with van der Waals surface area (Å²) < 4.78 is 5.12. The molecule has 1 aromatic rings. The third-order valence-electron chi connectivity index (χ3n) is 2.40. The summed E-state index contributed by atoms with van der Waals surface area (Å²) in [5.41, 5.74) is -1.22. The topological polar surface area (TPSA) is 66.8 Å². The Labute approximate surface area is 106 Å². The minimum atomic E-state index is -1.56. The number of ether oxygens (including phenoxy) is 1. The lowest BCUT2D eigenvalue weighted by molar-refractivity contribution is -0.158. The van der Waals surface area contributed by atoms with Crippen molar-refractivity contribution in [2.45, 2.75) is 12.5 Å². The molecule has 98 valence electrons. The summed E-state index contributed by atoms with van der Waals surface area (Å²) in [5.74, 6) is -1.80. The molecule has 0 saturated carbocycles. The SMILES string of the molecule is CN(C)CC(C)(OC(=O)c1ccccc1)C(=O)O. The average molecular weight is 251 g/mol. The second-order valence-corrected chi connectivity index (χ2v) is 4.53. The zero-order chi connectivity index (χ0) is 13.8. The van der Waals surface area contributed by atoms with Crippen LogP contribution in [0.1, 0.15) is 17.3 Å². The molecule has 1 unspecified atom stereocenters. The minimum Gasteiger partial charge on any atom is -0.478 e. The van der Waals surface area contributed by atoms with E-state index < -0.39 is 17.5 Å². The van der Waals surface area contributed by atoms with Gasteiger partial charge >= 0.3 is 11.9 Å². The molecule has 0 aromatic heterocycles. The lowest BCUT2D eigenvalue weighted by Gasteiger charge is -2.28. The van der Waals surface area contributed by atoms with Gasteiger partial charge in [0, 0.05) is 6.54 Å². The van der Waals surface area contributed by atoms with Crippen molar-refractivity contribution in [3.8, 4) is 0 Å². The molecule has 0 radical (unpaired) electrons. The number of hydrogen-bond donors (Lipinski definition) is 1. The second kappa shape index (κ2) is 5.64. The van der Waals surface area contributed by atoms with Crippen LogP contribution < -0.4 is 0 Å². The smallest absolute Gasteiger partial charge is 0.349 e. The molecule has 18 heavy (non-hydrogen) atoms. The minimum absolute atomic E-state index is 0.112. The molecule has 0 saturated heterocycles. The third-order valence-corrected chi connectivity index (χ3v) is 2.40. The highest BCUT2D eigenvalue weighted by atomic mass is 16.6. The Bertz CT molecular complexity index is 430. The molecular formula is C13H17NO4. The number of esters is 1. The number of carboxylic acids is 1. The highest BCUT2D eigenvalue weighted by Gasteiger charge is 2.38. The number of carboxylic acid groups (broad SMARTS) is 1. The van der Waals surface area contributed by atoms with E-state index in [1.54, 1.807) is 49.3 Å². The van der Waals surface area contributed by atoms with E-state index in [1.165, 1.54) is 6.92 Å². The number of aliphatic carboxylic acids is 1. The van der Waals surface area contributed by atoms with Gasteiger partial charge in [0.15, 0.2) is 0 Å². The van der Waals surface area contributed by atoms with Gasteiger partial charge in [-0.1, -0.05) is 18.2 Å². The van der Waals surface area contributed by atoms with E-state index >= 15 is 0 Å². The average Bonchev–Trinajstić information content (AvgIpc) is 2.28. The summed E-state index contributed by atoms with van der Waals surface area (Å²) in [5, 5.41) is 9.17. The van der Waals surface area contributed by atoms with E-state index in [-0.39, 0.29) is 6.54 Å². The first kappa shape index (κ1) is 14.2. The highest BCUT2D eigenvalue weighted by molar-refractivity contribution is 5.92. The molecule has 5 nitrogen and oxygen atoms in total. The van der Waals surface area contributed by atoms with Crippen LogP contribution in [0.2, 0.25) is 0 Å². The van der Waals surface area contributed by atoms with Gasteiger partial charge in [0.25, 0.3) is 0 Å². The quantitative estimate of drug-likeness (QED) is 0.798. The number of carbonyl (C=O) groups excluding carboxylic acids is 1. The van der Waals surface area contributed by atoms with Gasteiger partial charge < -0.3 is 14.7 Å². The predicted octanol–water partition coefficient (Wildman–Crippen LogP) is 1.25. The van der Waals surface area contributed by atoms with Crippen LogP contribution in [0.15, 0.2) is 30.3 Å². The van der Waals surface area contributed by atoms with Gasteiger partial charge in [-0.05, 0) is 33.2 Å². The summed E-state index contributed by atoms with van der Waals surface area (Å²) in [6.07, 6.45) is 0. The van der Waals surface area contributed by atoms with E-state index in [4.69, 9.17) is 4.74 Å². The molecule has 0 amide bonds. The first-order valence-electron chi connectivity index (χ1n) is 5.51. The Kier molecular flexibility index (Phi) is 4.44. The fourth-order valence-electron chi connectivity index (χ4n) is 1.58. The summed E-state index contributed by atoms with van der Waals surface area (Å²) in [7, 11) is 3.44. The maximum Gasteiger partial charge on any atom is 0.349 e. The van der Waals surface area contributed by atoms with Gasteiger partial charge in [0.1, 0.15) is 0 Å². The number of rotatable bonds is 5. The van der Waals surface area contributed by atoms with E-state index in [2.05, 4.69) is 0 Å². The van der Waals surface area contributed by atoms with Crippen LogP contribution in [-0.4, -0.2) is 48.2 Å². The largest absolute Gasteiger partial charge is 0.478 e. The monoisotopic (exact) mass is 251 g/mol. The molecule has 0 bridgehead atoms. The van der Waals surface area contributed by atoms with Crippen LogP contribution >= 0.6 is 0 Å². The molecular weight excluding hydrogens is 234 g/mol. The first-order valence-corrected chi connectivity index (χ1v) is 5.51. The van der Waals surface area contributed by atoms with Crippen LogP contribution in [0.5, 0.6) is 0 Å². The van der Waals surface area contributed by atoms with E-state index in [1.807, 2.05) is 0 Å². The zero-order valence-corrected chi connectivity index (χ0v) is 10.7. The standard InChI is InChI=1S/C13H17NO4/c1-13(12(16)17,9-14(2)3)18-11(15)10-7-5-4-6-8-10/h4-8H,9H2,1-3H3,(H,16,17). The Balaban J connectivity index is 2.85. The van der Waals surface area contributed by atoms with Crippen molar-refractivity contribution in [2.24, 2.45) is 0 Å². The molecule has 0 spiro atoms. The van der Waals surface area contributed by atoms with E-state index in [0.29, 0.717) is 5.56 Å². The molecule has 0 heterocycles. The van der Waals surface area contributed by atoms with Gasteiger partial charge in [0.05, 0.1) is 5.56 Å². The molecule has 0 aliphatic rings. The fraction of sp³-hybridized carbons (Fsp3) is 0.385. The normalized spacial score (nSPS) is 14.0. The molecule has 0 aliphatic carbocycles. The predicted molar refractivity (Wildman–Crippen MR) is 66.5 cm³/mol. The van der Waals surface area contributed by atoms with Crippen molar-refractivity contribution in [1.82, 2.24) is 4.90 Å². The molecule has 1 N–H and O–H groups in total. The summed E-state index contributed by atoms with van der Waals surface area (Å²) in [6.45, 7) is 1.50. The zero-order valence-electron chi connectivity index (χ0n) is 10.7. The molecule has 1 aromatic carbocycles. The Morgan fingerprint density at radius 1 is 1.28 bits per heavy atom. The highest BCUT2D eigenvalue weighted by Crippen LogP contribution is 2.15. The van der Waals surface area contributed by atoms with Gasteiger partial charge in [-0.2, -0.15) is 0 Å². The van der Waals surface area contributed by atoms with Gasteiger partial charge in [-0.25, -0.2) is 9.59 Å². The van der Waals surface area contributed by atoms with Crippen molar-refractivity contribution in [3.63, 3.8) is 0 Å². The fourth-order valence-corrected chi connectivity index (χ4v) is 1.58. The number of benzene rings is 1. The maximum absolute atomic E-state index is 11.8. The van der Waals surface area contributed by atoms with E-state index in [9.17, 15) is 14.7 Å². The van der Waals surface area contributed by atoms with Crippen molar-refractivity contribution in [1.29, 1.82) is 0 Å². The van der Waals surface area contributed by atoms with Crippen LogP contribution in [0.25, 0.3) is 0 Å². The van der Waals surface area contributed by atoms with Crippen LogP contribution in [0.4, 0.5) is 0 Å². The summed E-state index contributed by atoms with van der Waals surface area (Å²) in [6, 6.07) is 8.33. The Hall–Kier alpha value is -1.88. The molecule has 1 atom stereocenters. The van der Waals surface area contributed by atoms with Crippen LogP contribution in [0.3, 0.4) is 0 Å². The van der Waals surface area contributed by atoms with Crippen LogP contribution in [0, 0.1) is 0 Å². The number of likely N-dealkylation sites (N-methyl/N-ethyl adjacent to an activating group) is 1. The number of nitrogens with zero attached hydrogens (tertiary/aromatic N) is 1. The summed E-state index contributed by atoms with van der Waals surface area (Å²) >= 11 is 0. The van der Waals surface area contributed by atoms with Crippen molar-refractivity contribution in [2.75, 3.05) is 20.6 Å².